The molecule has 1 heterocycles. The molecule has 17 heavy (non-hydrogen) atoms. The van der Waals surface area contributed by atoms with Crippen LogP contribution >= 0.6 is 15.9 Å². The summed E-state index contributed by atoms with van der Waals surface area (Å²) >= 11 is 3.64. The molecule has 0 fully saturated rings. The average Bonchev–Trinajstić information content (AvgIpc) is 2.26. The van der Waals surface area contributed by atoms with E-state index >= 15 is 0 Å². The van der Waals surface area contributed by atoms with Crippen molar-refractivity contribution in [1.82, 2.24) is 4.98 Å². The molecular formula is C15H18BrN. The summed E-state index contributed by atoms with van der Waals surface area (Å²) in [4.78, 5) is 4.95. The van der Waals surface area contributed by atoms with Crippen molar-refractivity contribution in [3.8, 4) is 0 Å². The Balaban J connectivity index is 2.42. The molecule has 0 spiro atoms. The molecule has 1 aromatic carbocycles. The van der Waals surface area contributed by atoms with Crippen molar-refractivity contribution in [3.05, 3.63) is 42.1 Å². The van der Waals surface area contributed by atoms with Crippen LogP contribution in [0.3, 0.4) is 0 Å². The number of halogens is 1. The molecule has 0 aliphatic heterocycles. The molecule has 90 valence electrons. The molecule has 0 aliphatic rings. The summed E-state index contributed by atoms with van der Waals surface area (Å²) in [5, 5.41) is 1.21. The van der Waals surface area contributed by atoms with Crippen LogP contribution < -0.4 is 0 Å². The van der Waals surface area contributed by atoms with Crippen LogP contribution in [0.2, 0.25) is 0 Å². The van der Waals surface area contributed by atoms with Gasteiger partial charge in [-0.05, 0) is 29.5 Å². The number of benzene rings is 1. The normalized spacial score (nSPS) is 13.9. The van der Waals surface area contributed by atoms with E-state index in [0.29, 0.717) is 4.83 Å². The fraction of sp³-hybridized carbons (Fsp3) is 0.400. The number of hydrogen-bond acceptors (Lipinski definition) is 1. The minimum atomic E-state index is 0.175. The molecule has 0 amide bonds. The van der Waals surface area contributed by atoms with Gasteiger partial charge in [-0.2, -0.15) is 0 Å². The molecule has 2 heteroatoms. The number of hydrogen-bond donors (Lipinski definition) is 0. The van der Waals surface area contributed by atoms with Crippen LogP contribution in [0, 0.1) is 0 Å². The van der Waals surface area contributed by atoms with E-state index < -0.39 is 0 Å². The van der Waals surface area contributed by atoms with Gasteiger partial charge in [-0.3, -0.25) is 4.98 Å². The van der Waals surface area contributed by atoms with E-state index in [9.17, 15) is 0 Å². The minimum Gasteiger partial charge on any atom is -0.256 e. The van der Waals surface area contributed by atoms with Crippen LogP contribution in [-0.4, -0.2) is 9.81 Å². The molecule has 0 saturated carbocycles. The Labute approximate surface area is 111 Å². The molecular weight excluding hydrogens is 274 g/mol. The number of rotatable bonds is 3. The summed E-state index contributed by atoms with van der Waals surface area (Å²) in [6.45, 7) is 6.77. The summed E-state index contributed by atoms with van der Waals surface area (Å²) in [6, 6.07) is 10.7. The Morgan fingerprint density at radius 1 is 1.29 bits per heavy atom. The summed E-state index contributed by atoms with van der Waals surface area (Å²) in [5.74, 6) is 0. The van der Waals surface area contributed by atoms with Crippen LogP contribution in [0.25, 0.3) is 10.9 Å². The molecule has 1 nitrogen and oxygen atoms in total. The van der Waals surface area contributed by atoms with Gasteiger partial charge >= 0.3 is 0 Å². The third kappa shape index (κ3) is 2.86. The first-order chi connectivity index (χ1) is 7.99. The molecule has 2 rings (SSSR count). The van der Waals surface area contributed by atoms with Gasteiger partial charge < -0.3 is 0 Å². The lowest BCUT2D eigenvalue weighted by Crippen LogP contribution is -2.20. The SMILES string of the molecule is CC(Br)CC(C)(C)c1ccc2cccnc2c1. The lowest BCUT2D eigenvalue weighted by Gasteiger charge is -2.27. The first kappa shape index (κ1) is 12.6. The first-order valence-electron chi connectivity index (χ1n) is 5.98. The van der Waals surface area contributed by atoms with E-state index in [1.165, 1.54) is 10.9 Å². The highest BCUT2D eigenvalue weighted by Crippen LogP contribution is 2.31. The predicted molar refractivity (Wildman–Crippen MR) is 77.8 cm³/mol. The Morgan fingerprint density at radius 2 is 2.06 bits per heavy atom. The van der Waals surface area contributed by atoms with Crippen molar-refractivity contribution < 1.29 is 0 Å². The molecule has 0 radical (unpaired) electrons. The number of nitrogens with zero attached hydrogens (tertiary/aromatic N) is 1. The zero-order valence-corrected chi connectivity index (χ0v) is 12.2. The zero-order valence-electron chi connectivity index (χ0n) is 10.6. The second-order valence-electron chi connectivity index (χ2n) is 5.28. The standard InChI is InChI=1S/C15H18BrN/c1-11(16)10-15(2,3)13-7-6-12-5-4-8-17-14(12)9-13/h4-9,11H,10H2,1-3H3. The summed E-state index contributed by atoms with van der Waals surface area (Å²) in [7, 11) is 0. The van der Waals surface area contributed by atoms with Crippen molar-refractivity contribution >= 4 is 26.8 Å². The average molecular weight is 292 g/mol. The van der Waals surface area contributed by atoms with Gasteiger partial charge in [-0.1, -0.05) is 54.9 Å². The molecule has 1 unspecified atom stereocenters. The maximum atomic E-state index is 4.42. The lowest BCUT2D eigenvalue weighted by molar-refractivity contribution is 0.483. The van der Waals surface area contributed by atoms with Crippen LogP contribution in [0.5, 0.6) is 0 Å². The number of aromatic nitrogens is 1. The quantitative estimate of drug-likeness (QED) is 0.748. The Bertz CT molecular complexity index is 517. The van der Waals surface area contributed by atoms with Gasteiger partial charge in [0, 0.05) is 16.4 Å². The molecule has 0 aliphatic carbocycles. The Hall–Kier alpha value is -0.890. The maximum absolute atomic E-state index is 4.42. The monoisotopic (exact) mass is 291 g/mol. The van der Waals surface area contributed by atoms with Gasteiger partial charge in [0.05, 0.1) is 5.52 Å². The van der Waals surface area contributed by atoms with E-state index in [1.54, 1.807) is 0 Å². The van der Waals surface area contributed by atoms with E-state index in [2.05, 4.69) is 66.0 Å². The summed E-state index contributed by atoms with van der Waals surface area (Å²) in [5.41, 5.74) is 2.62. The highest BCUT2D eigenvalue weighted by atomic mass is 79.9. The molecule has 0 N–H and O–H groups in total. The van der Waals surface area contributed by atoms with E-state index in [4.69, 9.17) is 0 Å². The van der Waals surface area contributed by atoms with Crippen LogP contribution in [0.4, 0.5) is 0 Å². The fourth-order valence-corrected chi connectivity index (χ4v) is 3.12. The van der Waals surface area contributed by atoms with Crippen LogP contribution in [-0.2, 0) is 5.41 Å². The van der Waals surface area contributed by atoms with E-state index in [0.717, 1.165) is 11.9 Å². The van der Waals surface area contributed by atoms with Crippen LogP contribution in [0.1, 0.15) is 32.8 Å². The summed E-state index contributed by atoms with van der Waals surface area (Å²) < 4.78 is 0. The van der Waals surface area contributed by atoms with Crippen molar-refractivity contribution in [1.29, 1.82) is 0 Å². The van der Waals surface area contributed by atoms with Gasteiger partial charge in [0.15, 0.2) is 0 Å². The van der Waals surface area contributed by atoms with Gasteiger partial charge in [0.2, 0.25) is 0 Å². The zero-order chi connectivity index (χ0) is 12.5. The topological polar surface area (TPSA) is 12.9 Å². The number of pyridine rings is 1. The van der Waals surface area contributed by atoms with E-state index in [-0.39, 0.29) is 5.41 Å². The van der Waals surface area contributed by atoms with Gasteiger partial charge in [-0.25, -0.2) is 0 Å². The third-order valence-electron chi connectivity index (χ3n) is 3.18. The molecule has 1 atom stereocenters. The Morgan fingerprint density at radius 3 is 2.76 bits per heavy atom. The smallest absolute Gasteiger partial charge is 0.0704 e. The van der Waals surface area contributed by atoms with Crippen LogP contribution in [0.15, 0.2) is 36.5 Å². The Kier molecular flexibility index (Phi) is 3.53. The van der Waals surface area contributed by atoms with Crippen molar-refractivity contribution in [2.45, 2.75) is 37.4 Å². The minimum absolute atomic E-state index is 0.175. The predicted octanol–water partition coefficient (Wildman–Crippen LogP) is 4.69. The van der Waals surface area contributed by atoms with Gasteiger partial charge in [0.25, 0.3) is 0 Å². The number of alkyl halides is 1. The van der Waals surface area contributed by atoms with Gasteiger partial charge in [0.1, 0.15) is 0 Å². The first-order valence-corrected chi connectivity index (χ1v) is 6.90. The van der Waals surface area contributed by atoms with Crippen molar-refractivity contribution in [2.75, 3.05) is 0 Å². The highest BCUT2D eigenvalue weighted by molar-refractivity contribution is 9.09. The van der Waals surface area contributed by atoms with Crippen molar-refractivity contribution in [3.63, 3.8) is 0 Å². The largest absolute Gasteiger partial charge is 0.256 e. The fourth-order valence-electron chi connectivity index (χ4n) is 2.31. The summed E-state index contributed by atoms with van der Waals surface area (Å²) in [6.07, 6.45) is 2.97. The number of fused-ring (bicyclic) bond motifs is 1. The molecule has 2 aromatic rings. The second-order valence-corrected chi connectivity index (χ2v) is 6.84. The highest BCUT2D eigenvalue weighted by Gasteiger charge is 2.22. The third-order valence-corrected chi connectivity index (χ3v) is 3.50. The molecule has 1 aromatic heterocycles. The van der Waals surface area contributed by atoms with Crippen molar-refractivity contribution in [2.24, 2.45) is 0 Å². The molecule has 0 saturated heterocycles. The van der Waals surface area contributed by atoms with E-state index in [1.807, 2.05) is 12.3 Å². The second kappa shape index (κ2) is 4.77. The van der Waals surface area contributed by atoms with Gasteiger partial charge in [-0.15, -0.1) is 0 Å². The lowest BCUT2D eigenvalue weighted by atomic mass is 9.80. The maximum Gasteiger partial charge on any atom is 0.0704 e. The molecule has 0 bridgehead atoms.